The van der Waals surface area contributed by atoms with Gasteiger partial charge >= 0.3 is 0 Å². The summed E-state index contributed by atoms with van der Waals surface area (Å²) >= 11 is 11.7. The number of aromatic nitrogens is 1. The average molecular weight is 303 g/mol. The molecule has 1 aromatic heterocycles. The van der Waals surface area contributed by atoms with E-state index in [1.165, 1.54) is 11.0 Å². The first-order chi connectivity index (χ1) is 8.91. The molecule has 104 valence electrons. The van der Waals surface area contributed by atoms with Gasteiger partial charge in [-0.25, -0.2) is 4.98 Å². The molecule has 19 heavy (non-hydrogen) atoms. The second kappa shape index (κ2) is 5.65. The number of hydrogen-bond donors (Lipinski definition) is 1. The van der Waals surface area contributed by atoms with Gasteiger partial charge in [0.25, 0.3) is 5.91 Å². The number of amides is 1. The average Bonchev–Trinajstić information content (AvgIpc) is 2.78. The number of nitrogens with zero attached hydrogens (tertiary/aromatic N) is 2. The van der Waals surface area contributed by atoms with Crippen LogP contribution in [-0.4, -0.2) is 40.1 Å². The van der Waals surface area contributed by atoms with E-state index in [2.05, 4.69) is 4.98 Å². The van der Waals surface area contributed by atoms with Crippen LogP contribution < -0.4 is 0 Å². The number of pyridine rings is 1. The molecule has 1 saturated carbocycles. The molecular formula is C13H16Cl2N2O2. The normalized spacial score (nSPS) is 17.5. The summed E-state index contributed by atoms with van der Waals surface area (Å²) in [7, 11) is 1.64. The maximum atomic E-state index is 12.3. The standard InChI is InChI=1S/C13H16Cl2N2O2/c1-17(8-13(19)6-2-3-7-13)12(18)11-9(14)4-5-10(15)16-11/h4-5,19H,2-3,6-8H2,1H3. The van der Waals surface area contributed by atoms with Gasteiger partial charge in [0, 0.05) is 13.6 Å². The summed E-state index contributed by atoms with van der Waals surface area (Å²) in [6, 6.07) is 3.08. The molecule has 0 atom stereocenters. The second-order valence-electron chi connectivity index (χ2n) is 5.06. The predicted molar refractivity (Wildman–Crippen MR) is 74.6 cm³/mol. The van der Waals surface area contributed by atoms with E-state index in [0.29, 0.717) is 0 Å². The molecule has 0 saturated heterocycles. The van der Waals surface area contributed by atoms with Crippen molar-refractivity contribution in [2.45, 2.75) is 31.3 Å². The fourth-order valence-corrected chi connectivity index (χ4v) is 2.79. The lowest BCUT2D eigenvalue weighted by Crippen LogP contribution is -2.42. The van der Waals surface area contributed by atoms with Crippen LogP contribution in [0.3, 0.4) is 0 Å². The summed E-state index contributed by atoms with van der Waals surface area (Å²) in [6.45, 7) is 0.288. The quantitative estimate of drug-likeness (QED) is 0.874. The summed E-state index contributed by atoms with van der Waals surface area (Å²) in [5, 5.41) is 10.8. The van der Waals surface area contributed by atoms with Gasteiger partial charge < -0.3 is 10.0 Å². The number of rotatable bonds is 3. The monoisotopic (exact) mass is 302 g/mol. The number of hydrogen-bond acceptors (Lipinski definition) is 3. The van der Waals surface area contributed by atoms with Gasteiger partial charge in [-0.3, -0.25) is 4.79 Å². The summed E-state index contributed by atoms with van der Waals surface area (Å²) < 4.78 is 0. The first-order valence-corrected chi connectivity index (χ1v) is 6.97. The zero-order valence-electron chi connectivity index (χ0n) is 10.7. The van der Waals surface area contributed by atoms with Gasteiger partial charge in [0.2, 0.25) is 0 Å². The van der Waals surface area contributed by atoms with Crippen LogP contribution in [0.4, 0.5) is 0 Å². The van der Waals surface area contributed by atoms with Crippen molar-refractivity contribution in [3.05, 3.63) is 28.0 Å². The van der Waals surface area contributed by atoms with Gasteiger partial charge in [-0.05, 0) is 25.0 Å². The van der Waals surface area contributed by atoms with Gasteiger partial charge in [-0.1, -0.05) is 36.0 Å². The Morgan fingerprint density at radius 1 is 1.42 bits per heavy atom. The smallest absolute Gasteiger partial charge is 0.273 e. The second-order valence-corrected chi connectivity index (χ2v) is 5.85. The van der Waals surface area contributed by atoms with Crippen LogP contribution in [0.1, 0.15) is 36.2 Å². The van der Waals surface area contributed by atoms with Crippen LogP contribution in [-0.2, 0) is 0 Å². The molecule has 0 aromatic carbocycles. The lowest BCUT2D eigenvalue weighted by Gasteiger charge is -2.28. The summed E-state index contributed by atoms with van der Waals surface area (Å²) in [4.78, 5) is 17.7. The van der Waals surface area contributed by atoms with Gasteiger partial charge in [0.15, 0.2) is 0 Å². The maximum absolute atomic E-state index is 12.3. The molecule has 1 aromatic rings. The zero-order valence-corrected chi connectivity index (χ0v) is 12.2. The minimum Gasteiger partial charge on any atom is -0.388 e. The Morgan fingerprint density at radius 3 is 2.68 bits per heavy atom. The van der Waals surface area contributed by atoms with Crippen molar-refractivity contribution in [1.82, 2.24) is 9.88 Å². The van der Waals surface area contributed by atoms with Crippen LogP contribution in [0, 0.1) is 0 Å². The fourth-order valence-electron chi connectivity index (χ4n) is 2.45. The molecule has 0 spiro atoms. The van der Waals surface area contributed by atoms with E-state index in [-0.39, 0.29) is 28.3 Å². The van der Waals surface area contributed by atoms with E-state index in [9.17, 15) is 9.90 Å². The van der Waals surface area contributed by atoms with Crippen LogP contribution in [0.15, 0.2) is 12.1 Å². The summed E-state index contributed by atoms with van der Waals surface area (Å²) in [5.41, 5.74) is -0.659. The number of halogens is 2. The van der Waals surface area contributed by atoms with E-state index in [1.54, 1.807) is 13.1 Å². The van der Waals surface area contributed by atoms with Gasteiger partial charge in [0.05, 0.1) is 10.6 Å². The number of carbonyl (C=O) groups excluding carboxylic acids is 1. The molecule has 0 bridgehead atoms. The molecule has 4 nitrogen and oxygen atoms in total. The Bertz CT molecular complexity index is 488. The van der Waals surface area contributed by atoms with Gasteiger partial charge in [-0.2, -0.15) is 0 Å². The Morgan fingerprint density at radius 2 is 2.05 bits per heavy atom. The third kappa shape index (κ3) is 3.38. The molecule has 1 aliphatic carbocycles. The van der Waals surface area contributed by atoms with Gasteiger partial charge in [-0.15, -0.1) is 0 Å². The molecule has 0 radical (unpaired) electrons. The largest absolute Gasteiger partial charge is 0.388 e. The fraction of sp³-hybridized carbons (Fsp3) is 0.538. The molecule has 1 heterocycles. The SMILES string of the molecule is CN(CC1(O)CCCC1)C(=O)c1nc(Cl)ccc1Cl. The third-order valence-corrected chi connectivity index (χ3v) is 3.94. The van der Waals surface area contributed by atoms with Crippen LogP contribution in [0.25, 0.3) is 0 Å². The first kappa shape index (κ1) is 14.6. The number of aliphatic hydroxyl groups is 1. The number of likely N-dealkylation sites (N-methyl/N-ethyl adjacent to an activating group) is 1. The van der Waals surface area contributed by atoms with E-state index in [1.807, 2.05) is 0 Å². The van der Waals surface area contributed by atoms with Crippen molar-refractivity contribution in [1.29, 1.82) is 0 Å². The van der Waals surface area contributed by atoms with Gasteiger partial charge in [0.1, 0.15) is 10.8 Å². The molecule has 2 rings (SSSR count). The van der Waals surface area contributed by atoms with E-state index >= 15 is 0 Å². The van der Waals surface area contributed by atoms with Crippen molar-refractivity contribution in [2.75, 3.05) is 13.6 Å². The van der Waals surface area contributed by atoms with Crippen LogP contribution in [0.2, 0.25) is 10.2 Å². The van der Waals surface area contributed by atoms with E-state index in [0.717, 1.165) is 25.7 Å². The van der Waals surface area contributed by atoms with E-state index in [4.69, 9.17) is 23.2 Å². The Balaban J connectivity index is 2.12. The summed E-state index contributed by atoms with van der Waals surface area (Å²) in [6.07, 6.45) is 3.44. The highest BCUT2D eigenvalue weighted by atomic mass is 35.5. The Labute approximate surface area is 122 Å². The highest BCUT2D eigenvalue weighted by molar-refractivity contribution is 6.34. The van der Waals surface area contributed by atoms with Crippen LogP contribution >= 0.6 is 23.2 Å². The zero-order chi connectivity index (χ0) is 14.0. The molecule has 1 fully saturated rings. The Kier molecular flexibility index (Phi) is 4.33. The number of carbonyl (C=O) groups is 1. The van der Waals surface area contributed by atoms with Crippen molar-refractivity contribution in [2.24, 2.45) is 0 Å². The maximum Gasteiger partial charge on any atom is 0.273 e. The van der Waals surface area contributed by atoms with Crippen molar-refractivity contribution < 1.29 is 9.90 Å². The minimum absolute atomic E-state index is 0.123. The molecule has 1 amide bonds. The topological polar surface area (TPSA) is 53.4 Å². The summed E-state index contributed by atoms with van der Waals surface area (Å²) in [5.74, 6) is -0.326. The molecule has 1 aliphatic rings. The minimum atomic E-state index is -0.782. The molecule has 0 aliphatic heterocycles. The third-order valence-electron chi connectivity index (χ3n) is 3.43. The van der Waals surface area contributed by atoms with Crippen molar-refractivity contribution in [3.8, 4) is 0 Å². The van der Waals surface area contributed by atoms with Crippen molar-refractivity contribution in [3.63, 3.8) is 0 Å². The van der Waals surface area contributed by atoms with E-state index < -0.39 is 5.60 Å². The lowest BCUT2D eigenvalue weighted by atomic mass is 10.0. The molecular weight excluding hydrogens is 287 g/mol. The highest BCUT2D eigenvalue weighted by Crippen LogP contribution is 2.30. The van der Waals surface area contributed by atoms with Crippen LogP contribution in [0.5, 0.6) is 0 Å². The Hall–Kier alpha value is -0.840. The molecule has 0 unspecified atom stereocenters. The predicted octanol–water partition coefficient (Wildman–Crippen LogP) is 2.77. The van der Waals surface area contributed by atoms with Crippen molar-refractivity contribution >= 4 is 29.1 Å². The molecule has 6 heteroatoms. The highest BCUT2D eigenvalue weighted by Gasteiger charge is 2.34. The lowest BCUT2D eigenvalue weighted by molar-refractivity contribution is 0.0155. The first-order valence-electron chi connectivity index (χ1n) is 6.21. The molecule has 1 N–H and O–H groups in total.